The first-order valence-electron chi connectivity index (χ1n) is 5.34. The maximum absolute atomic E-state index is 13.5. The Hall–Kier alpha value is -1.43. The number of rotatable bonds is 3. The lowest BCUT2D eigenvalue weighted by atomic mass is 10.1. The van der Waals surface area contributed by atoms with E-state index in [0.29, 0.717) is 17.3 Å². The number of nitrogens with one attached hydrogen (secondary N) is 1. The van der Waals surface area contributed by atoms with Gasteiger partial charge >= 0.3 is 5.97 Å². The third-order valence-electron chi connectivity index (χ3n) is 2.94. The van der Waals surface area contributed by atoms with Gasteiger partial charge in [-0.15, -0.1) is 0 Å². The van der Waals surface area contributed by atoms with Gasteiger partial charge in [-0.25, -0.2) is 4.39 Å². The Bertz CT molecular complexity index is 514. The van der Waals surface area contributed by atoms with Crippen LogP contribution in [-0.2, 0) is 14.3 Å². The van der Waals surface area contributed by atoms with Gasteiger partial charge in [-0.1, -0.05) is 15.9 Å². The molecular weight excluding hydrogens is 305 g/mol. The number of ether oxygens (including phenoxy) is 1. The molecule has 2 rings (SSSR count). The quantitative estimate of drug-likeness (QED) is 0.688. The van der Waals surface area contributed by atoms with Crippen LogP contribution in [0.25, 0.3) is 0 Å². The molecule has 1 saturated carbocycles. The van der Waals surface area contributed by atoms with Gasteiger partial charge in [0.1, 0.15) is 11.2 Å². The number of halogens is 2. The maximum Gasteiger partial charge on any atom is 0.321 e. The van der Waals surface area contributed by atoms with E-state index >= 15 is 0 Å². The highest BCUT2D eigenvalue weighted by Crippen LogP contribution is 2.47. The molecule has 0 spiro atoms. The van der Waals surface area contributed by atoms with Crippen molar-refractivity contribution in [1.29, 1.82) is 0 Å². The molecule has 96 valence electrons. The fourth-order valence-electron chi connectivity index (χ4n) is 1.68. The molecule has 0 bridgehead atoms. The van der Waals surface area contributed by atoms with Crippen molar-refractivity contribution < 1.29 is 18.7 Å². The van der Waals surface area contributed by atoms with Crippen LogP contribution in [0.2, 0.25) is 0 Å². The third-order valence-corrected chi connectivity index (χ3v) is 3.43. The first-order chi connectivity index (χ1) is 8.49. The molecule has 1 aromatic rings. The van der Waals surface area contributed by atoms with Crippen molar-refractivity contribution in [3.8, 4) is 0 Å². The molecule has 0 aromatic heterocycles. The van der Waals surface area contributed by atoms with Crippen molar-refractivity contribution in [2.45, 2.75) is 12.8 Å². The summed E-state index contributed by atoms with van der Waals surface area (Å²) in [6.07, 6.45) is 0.863. The van der Waals surface area contributed by atoms with E-state index in [2.05, 4.69) is 26.0 Å². The summed E-state index contributed by atoms with van der Waals surface area (Å²) in [6.45, 7) is 0. The smallest absolute Gasteiger partial charge is 0.321 e. The molecule has 1 aliphatic carbocycles. The molecule has 0 atom stereocenters. The normalized spacial score (nSPS) is 15.9. The van der Waals surface area contributed by atoms with Crippen LogP contribution in [0.3, 0.4) is 0 Å². The SMILES string of the molecule is COC(=O)C1(C(=O)Nc2cc(Br)ccc2F)CC1. The van der Waals surface area contributed by atoms with E-state index in [4.69, 9.17) is 0 Å². The molecule has 1 aromatic carbocycles. The van der Waals surface area contributed by atoms with Crippen molar-refractivity contribution in [3.05, 3.63) is 28.5 Å². The molecular formula is C12H11BrFNO3. The van der Waals surface area contributed by atoms with Gasteiger partial charge in [0.2, 0.25) is 5.91 Å². The Labute approximate surface area is 112 Å². The second kappa shape index (κ2) is 4.68. The number of methoxy groups -OCH3 is 1. The first kappa shape index (κ1) is 13.0. The highest BCUT2D eigenvalue weighted by atomic mass is 79.9. The second-order valence-corrected chi connectivity index (χ2v) is 5.07. The topological polar surface area (TPSA) is 55.4 Å². The molecule has 4 nitrogen and oxygen atoms in total. The van der Waals surface area contributed by atoms with Crippen LogP contribution in [-0.4, -0.2) is 19.0 Å². The summed E-state index contributed by atoms with van der Waals surface area (Å²) >= 11 is 3.19. The molecule has 18 heavy (non-hydrogen) atoms. The van der Waals surface area contributed by atoms with Crippen LogP contribution < -0.4 is 5.32 Å². The molecule has 0 radical (unpaired) electrons. The van der Waals surface area contributed by atoms with Gasteiger partial charge in [0, 0.05) is 4.47 Å². The molecule has 1 amide bonds. The number of amides is 1. The van der Waals surface area contributed by atoms with Gasteiger partial charge < -0.3 is 10.1 Å². The summed E-state index contributed by atoms with van der Waals surface area (Å²) in [5.74, 6) is -1.64. The Morgan fingerprint density at radius 2 is 2.11 bits per heavy atom. The minimum Gasteiger partial charge on any atom is -0.468 e. The highest BCUT2D eigenvalue weighted by molar-refractivity contribution is 9.10. The van der Waals surface area contributed by atoms with Crippen molar-refractivity contribution in [2.75, 3.05) is 12.4 Å². The van der Waals surface area contributed by atoms with Crippen molar-refractivity contribution in [2.24, 2.45) is 5.41 Å². The van der Waals surface area contributed by atoms with Gasteiger partial charge in [-0.05, 0) is 31.0 Å². The molecule has 1 N–H and O–H groups in total. The predicted molar refractivity (Wildman–Crippen MR) is 66.4 cm³/mol. The average molecular weight is 316 g/mol. The Morgan fingerprint density at radius 3 is 2.67 bits per heavy atom. The number of hydrogen-bond donors (Lipinski definition) is 1. The summed E-state index contributed by atoms with van der Waals surface area (Å²) in [7, 11) is 1.23. The summed E-state index contributed by atoms with van der Waals surface area (Å²) in [5.41, 5.74) is -1.09. The van der Waals surface area contributed by atoms with E-state index in [0.717, 1.165) is 0 Å². The summed E-state index contributed by atoms with van der Waals surface area (Å²) in [4.78, 5) is 23.5. The van der Waals surface area contributed by atoms with Gasteiger partial charge in [0.05, 0.1) is 12.8 Å². The highest BCUT2D eigenvalue weighted by Gasteiger charge is 2.57. The molecule has 0 heterocycles. The van der Waals surface area contributed by atoms with Gasteiger partial charge in [0.25, 0.3) is 0 Å². The van der Waals surface area contributed by atoms with Crippen LogP contribution in [0.4, 0.5) is 10.1 Å². The second-order valence-electron chi connectivity index (χ2n) is 4.15. The molecule has 1 fully saturated rings. The first-order valence-corrected chi connectivity index (χ1v) is 6.14. The van der Waals surface area contributed by atoms with E-state index < -0.39 is 23.1 Å². The lowest BCUT2D eigenvalue weighted by molar-refractivity contribution is -0.150. The van der Waals surface area contributed by atoms with Crippen molar-refractivity contribution >= 4 is 33.5 Å². The standard InChI is InChI=1S/C12H11BrFNO3/c1-18-11(17)12(4-5-12)10(16)15-9-6-7(13)2-3-8(9)14/h2-3,6H,4-5H2,1H3,(H,15,16). The van der Waals surface area contributed by atoms with E-state index in [1.54, 1.807) is 0 Å². The minimum atomic E-state index is -1.14. The molecule has 0 aliphatic heterocycles. The molecule has 0 saturated heterocycles. The number of esters is 1. The van der Waals surface area contributed by atoms with E-state index in [-0.39, 0.29) is 5.69 Å². The predicted octanol–water partition coefficient (Wildman–Crippen LogP) is 2.48. The van der Waals surface area contributed by atoms with Crippen molar-refractivity contribution in [3.63, 3.8) is 0 Å². The Morgan fingerprint density at radius 1 is 1.44 bits per heavy atom. The fourth-order valence-corrected chi connectivity index (χ4v) is 2.04. The minimum absolute atomic E-state index is 0.0459. The van der Waals surface area contributed by atoms with E-state index in [1.165, 1.54) is 25.3 Å². The largest absolute Gasteiger partial charge is 0.468 e. The maximum atomic E-state index is 13.5. The van der Waals surface area contributed by atoms with Gasteiger partial charge in [-0.2, -0.15) is 0 Å². The van der Waals surface area contributed by atoms with Crippen LogP contribution in [0, 0.1) is 11.2 Å². The Balaban J connectivity index is 2.17. The Kier molecular flexibility index (Phi) is 3.38. The zero-order chi connectivity index (χ0) is 13.3. The van der Waals surface area contributed by atoms with Crippen LogP contribution in [0.5, 0.6) is 0 Å². The number of anilines is 1. The lowest BCUT2D eigenvalue weighted by Crippen LogP contribution is -2.32. The third kappa shape index (κ3) is 2.25. The lowest BCUT2D eigenvalue weighted by Gasteiger charge is -2.13. The molecule has 0 unspecified atom stereocenters. The number of carbonyl (C=O) groups is 2. The van der Waals surface area contributed by atoms with Crippen molar-refractivity contribution in [1.82, 2.24) is 0 Å². The van der Waals surface area contributed by atoms with E-state index in [9.17, 15) is 14.0 Å². The summed E-state index contributed by atoms with van der Waals surface area (Å²) in [6, 6.07) is 4.20. The van der Waals surface area contributed by atoms with Crippen LogP contribution >= 0.6 is 15.9 Å². The monoisotopic (exact) mass is 315 g/mol. The van der Waals surface area contributed by atoms with Crippen LogP contribution in [0.1, 0.15) is 12.8 Å². The molecule has 6 heteroatoms. The van der Waals surface area contributed by atoms with Gasteiger partial charge in [0.15, 0.2) is 0 Å². The van der Waals surface area contributed by atoms with E-state index in [1.807, 2.05) is 0 Å². The number of carbonyl (C=O) groups excluding carboxylic acids is 2. The number of benzene rings is 1. The van der Waals surface area contributed by atoms with Crippen LogP contribution in [0.15, 0.2) is 22.7 Å². The number of hydrogen-bond acceptors (Lipinski definition) is 3. The average Bonchev–Trinajstić information content (AvgIpc) is 3.14. The molecule has 1 aliphatic rings. The zero-order valence-corrected chi connectivity index (χ0v) is 11.2. The zero-order valence-electron chi connectivity index (χ0n) is 9.63. The fraction of sp³-hybridized carbons (Fsp3) is 0.333. The summed E-state index contributed by atoms with van der Waals surface area (Å²) < 4.78 is 18.7. The van der Waals surface area contributed by atoms with Gasteiger partial charge in [-0.3, -0.25) is 9.59 Å². The summed E-state index contributed by atoms with van der Waals surface area (Å²) in [5, 5.41) is 2.42.